The number of pyridine rings is 1. The highest BCUT2D eigenvalue weighted by atomic mass is 35.5. The molecule has 18 heavy (non-hydrogen) atoms. The Hall–Kier alpha value is -1.94. The standard InChI is InChI=1S/C13H13ClN2O2/c1-18-11-7-9(6-10(14)13(11)17)8-16-12-4-2-3-5-15-12/h2-7,17H,8H2,1H3,(H,15,16). The molecule has 0 saturated heterocycles. The third-order valence-corrected chi connectivity index (χ3v) is 2.73. The molecule has 2 rings (SSSR count). The van der Waals surface area contributed by atoms with Gasteiger partial charge in [-0.3, -0.25) is 0 Å². The van der Waals surface area contributed by atoms with Gasteiger partial charge in [-0.2, -0.15) is 0 Å². The SMILES string of the molecule is COc1cc(CNc2ccccn2)cc(Cl)c1O. The second-order valence-electron chi connectivity index (χ2n) is 3.70. The molecule has 1 heterocycles. The minimum Gasteiger partial charge on any atom is -0.503 e. The lowest BCUT2D eigenvalue weighted by Gasteiger charge is -2.10. The fraction of sp³-hybridized carbons (Fsp3) is 0.154. The summed E-state index contributed by atoms with van der Waals surface area (Å²) in [5.74, 6) is 1.10. The number of hydrogen-bond donors (Lipinski definition) is 2. The topological polar surface area (TPSA) is 54.4 Å². The molecule has 0 radical (unpaired) electrons. The summed E-state index contributed by atoms with van der Waals surface area (Å²) >= 11 is 5.91. The third kappa shape index (κ3) is 2.84. The molecule has 0 fully saturated rings. The number of aromatic nitrogens is 1. The van der Waals surface area contributed by atoms with Gasteiger partial charge in [0.25, 0.3) is 0 Å². The first kappa shape index (κ1) is 12.5. The van der Waals surface area contributed by atoms with Crippen molar-refractivity contribution >= 4 is 17.4 Å². The zero-order valence-corrected chi connectivity index (χ0v) is 10.6. The van der Waals surface area contributed by atoms with Crippen LogP contribution in [0.4, 0.5) is 5.82 Å². The van der Waals surface area contributed by atoms with Gasteiger partial charge in [-0.15, -0.1) is 0 Å². The number of phenols is 1. The lowest BCUT2D eigenvalue weighted by atomic mass is 10.2. The van der Waals surface area contributed by atoms with Crippen LogP contribution in [-0.4, -0.2) is 17.2 Å². The van der Waals surface area contributed by atoms with E-state index < -0.39 is 0 Å². The Morgan fingerprint density at radius 3 is 2.89 bits per heavy atom. The van der Waals surface area contributed by atoms with Crippen molar-refractivity contribution in [1.29, 1.82) is 0 Å². The molecule has 0 atom stereocenters. The molecule has 0 aliphatic heterocycles. The van der Waals surface area contributed by atoms with Crippen molar-refractivity contribution in [2.24, 2.45) is 0 Å². The van der Waals surface area contributed by atoms with Crippen LogP contribution in [0.25, 0.3) is 0 Å². The number of phenolic OH excluding ortho intramolecular Hbond substituents is 1. The van der Waals surface area contributed by atoms with Gasteiger partial charge in [0.15, 0.2) is 11.5 Å². The number of ether oxygens (including phenoxy) is 1. The molecule has 0 amide bonds. The van der Waals surface area contributed by atoms with Gasteiger partial charge in [-0.25, -0.2) is 4.98 Å². The number of nitrogens with zero attached hydrogens (tertiary/aromatic N) is 1. The minimum atomic E-state index is -0.0410. The van der Waals surface area contributed by atoms with E-state index in [4.69, 9.17) is 16.3 Å². The maximum absolute atomic E-state index is 9.62. The lowest BCUT2D eigenvalue weighted by molar-refractivity contribution is 0.373. The van der Waals surface area contributed by atoms with Crippen molar-refractivity contribution < 1.29 is 9.84 Å². The van der Waals surface area contributed by atoms with Gasteiger partial charge in [0.2, 0.25) is 0 Å². The van der Waals surface area contributed by atoms with Crippen molar-refractivity contribution in [2.45, 2.75) is 6.54 Å². The van der Waals surface area contributed by atoms with Crippen molar-refractivity contribution in [2.75, 3.05) is 12.4 Å². The summed E-state index contributed by atoms with van der Waals surface area (Å²) < 4.78 is 5.04. The van der Waals surface area contributed by atoms with E-state index in [9.17, 15) is 5.11 Å². The molecule has 4 nitrogen and oxygen atoms in total. The molecule has 0 unspecified atom stereocenters. The number of halogens is 1. The van der Waals surface area contributed by atoms with Crippen LogP contribution in [0.2, 0.25) is 5.02 Å². The summed E-state index contributed by atoms with van der Waals surface area (Å²) in [6.45, 7) is 0.549. The largest absolute Gasteiger partial charge is 0.503 e. The molecular formula is C13H13ClN2O2. The maximum atomic E-state index is 9.62. The smallest absolute Gasteiger partial charge is 0.176 e. The van der Waals surface area contributed by atoms with E-state index in [2.05, 4.69) is 10.3 Å². The monoisotopic (exact) mass is 264 g/mol. The highest BCUT2D eigenvalue weighted by Gasteiger charge is 2.08. The maximum Gasteiger partial charge on any atom is 0.176 e. The molecule has 2 N–H and O–H groups in total. The van der Waals surface area contributed by atoms with Crippen molar-refractivity contribution in [3.05, 3.63) is 47.1 Å². The number of anilines is 1. The van der Waals surface area contributed by atoms with Gasteiger partial charge >= 0.3 is 0 Å². The normalized spacial score (nSPS) is 10.1. The van der Waals surface area contributed by atoms with Gasteiger partial charge in [0, 0.05) is 12.7 Å². The Morgan fingerprint density at radius 1 is 1.39 bits per heavy atom. The summed E-state index contributed by atoms with van der Waals surface area (Å²) in [5, 5.41) is 13.0. The summed E-state index contributed by atoms with van der Waals surface area (Å²) in [4.78, 5) is 4.15. The van der Waals surface area contributed by atoms with E-state index >= 15 is 0 Å². The van der Waals surface area contributed by atoms with Gasteiger partial charge in [-0.05, 0) is 29.8 Å². The van der Waals surface area contributed by atoms with Gasteiger partial charge < -0.3 is 15.2 Å². The van der Waals surface area contributed by atoms with Crippen LogP contribution in [0.3, 0.4) is 0 Å². The first-order valence-electron chi connectivity index (χ1n) is 5.41. The molecule has 0 saturated carbocycles. The van der Waals surface area contributed by atoms with Crippen LogP contribution in [-0.2, 0) is 6.54 Å². The van der Waals surface area contributed by atoms with E-state index in [1.807, 2.05) is 18.2 Å². The van der Waals surface area contributed by atoms with Crippen molar-refractivity contribution in [1.82, 2.24) is 4.98 Å². The van der Waals surface area contributed by atoms with Crippen LogP contribution >= 0.6 is 11.6 Å². The van der Waals surface area contributed by atoms with Crippen LogP contribution in [0.1, 0.15) is 5.56 Å². The van der Waals surface area contributed by atoms with E-state index in [1.165, 1.54) is 7.11 Å². The lowest BCUT2D eigenvalue weighted by Crippen LogP contribution is -2.01. The highest BCUT2D eigenvalue weighted by molar-refractivity contribution is 6.32. The Morgan fingerprint density at radius 2 is 2.22 bits per heavy atom. The first-order valence-corrected chi connectivity index (χ1v) is 5.79. The number of benzene rings is 1. The molecule has 2 aromatic rings. The zero-order chi connectivity index (χ0) is 13.0. The van der Waals surface area contributed by atoms with E-state index in [1.54, 1.807) is 18.3 Å². The fourth-order valence-corrected chi connectivity index (χ4v) is 1.78. The van der Waals surface area contributed by atoms with Gasteiger partial charge in [0.1, 0.15) is 5.82 Å². The predicted octanol–water partition coefficient (Wildman–Crippen LogP) is 3.06. The number of rotatable bonds is 4. The fourth-order valence-electron chi connectivity index (χ4n) is 1.54. The molecule has 0 aliphatic rings. The van der Waals surface area contributed by atoms with Crippen LogP contribution in [0.15, 0.2) is 36.5 Å². The number of hydrogen-bond acceptors (Lipinski definition) is 4. The van der Waals surface area contributed by atoms with E-state index in [-0.39, 0.29) is 10.8 Å². The average Bonchev–Trinajstić information content (AvgIpc) is 2.41. The molecule has 94 valence electrons. The van der Waals surface area contributed by atoms with Crippen LogP contribution in [0, 0.1) is 0 Å². The number of methoxy groups -OCH3 is 1. The molecule has 5 heteroatoms. The Kier molecular flexibility index (Phi) is 3.89. The van der Waals surface area contributed by atoms with Crippen molar-refractivity contribution in [3.8, 4) is 11.5 Å². The van der Waals surface area contributed by atoms with E-state index in [0.717, 1.165) is 11.4 Å². The molecule has 1 aromatic carbocycles. The van der Waals surface area contributed by atoms with E-state index in [0.29, 0.717) is 12.3 Å². The minimum absolute atomic E-state index is 0.0410. The molecule has 0 spiro atoms. The second kappa shape index (κ2) is 5.60. The van der Waals surface area contributed by atoms with Crippen LogP contribution < -0.4 is 10.1 Å². The zero-order valence-electron chi connectivity index (χ0n) is 9.85. The van der Waals surface area contributed by atoms with Gasteiger partial charge in [-0.1, -0.05) is 17.7 Å². The molecule has 0 aliphatic carbocycles. The summed E-state index contributed by atoms with van der Waals surface area (Å²) in [6.07, 6.45) is 1.71. The van der Waals surface area contributed by atoms with Crippen LogP contribution in [0.5, 0.6) is 11.5 Å². The summed E-state index contributed by atoms with van der Waals surface area (Å²) in [5.41, 5.74) is 0.903. The molecule has 0 bridgehead atoms. The Bertz CT molecular complexity index is 532. The second-order valence-corrected chi connectivity index (χ2v) is 4.10. The van der Waals surface area contributed by atoms with Gasteiger partial charge in [0.05, 0.1) is 12.1 Å². The number of aromatic hydroxyl groups is 1. The highest BCUT2D eigenvalue weighted by Crippen LogP contribution is 2.34. The Labute approximate surface area is 110 Å². The third-order valence-electron chi connectivity index (χ3n) is 2.45. The summed E-state index contributed by atoms with van der Waals surface area (Å²) in [7, 11) is 1.49. The molecule has 1 aromatic heterocycles. The summed E-state index contributed by atoms with van der Waals surface area (Å²) in [6, 6.07) is 9.05. The predicted molar refractivity (Wildman–Crippen MR) is 71.2 cm³/mol. The van der Waals surface area contributed by atoms with Crippen molar-refractivity contribution in [3.63, 3.8) is 0 Å². The number of nitrogens with one attached hydrogen (secondary N) is 1. The average molecular weight is 265 g/mol. The first-order chi connectivity index (χ1) is 8.70. The molecular weight excluding hydrogens is 252 g/mol. The quantitative estimate of drug-likeness (QED) is 0.891. The Balaban J connectivity index is 2.13.